The van der Waals surface area contributed by atoms with Crippen LogP contribution in [0.5, 0.6) is 0 Å². The van der Waals surface area contributed by atoms with Crippen molar-refractivity contribution in [3.8, 4) is 0 Å². The highest BCUT2D eigenvalue weighted by Gasteiger charge is 2.55. The van der Waals surface area contributed by atoms with Crippen molar-refractivity contribution >= 4 is 32.3 Å². The maximum atomic E-state index is 13.2. The number of amides is 1. The lowest BCUT2D eigenvalue weighted by atomic mass is 9.76. The molecule has 8 nitrogen and oxygen atoms in total. The van der Waals surface area contributed by atoms with Gasteiger partial charge < -0.3 is 19.2 Å². The van der Waals surface area contributed by atoms with Crippen LogP contribution in [0.1, 0.15) is 55.4 Å². The summed E-state index contributed by atoms with van der Waals surface area (Å²) in [7, 11) is -1.01. The number of carbonyl (C=O) groups is 4. The van der Waals surface area contributed by atoms with Gasteiger partial charge in [0, 0.05) is 13.0 Å². The van der Waals surface area contributed by atoms with Gasteiger partial charge in [-0.3, -0.25) is 19.2 Å². The highest BCUT2D eigenvalue weighted by atomic mass is 28.4. The van der Waals surface area contributed by atoms with E-state index in [-0.39, 0.29) is 17.2 Å². The molecule has 1 amide bonds. The number of hydrogen-bond donors (Lipinski definition) is 1. The summed E-state index contributed by atoms with van der Waals surface area (Å²) in [5.74, 6) is -5.45. The molecule has 1 N–H and O–H groups in total. The molecule has 1 aliphatic heterocycles. The van der Waals surface area contributed by atoms with Crippen molar-refractivity contribution in [1.29, 1.82) is 0 Å². The third-order valence-corrected chi connectivity index (χ3v) is 11.0. The van der Waals surface area contributed by atoms with E-state index >= 15 is 0 Å². The second-order valence-electron chi connectivity index (χ2n) is 10.9. The molecule has 1 saturated heterocycles. The van der Waals surface area contributed by atoms with E-state index in [1.165, 1.54) is 0 Å². The van der Waals surface area contributed by atoms with E-state index in [2.05, 4.69) is 39.2 Å². The highest BCUT2D eigenvalue weighted by molar-refractivity contribution is 6.74. The predicted octanol–water partition coefficient (Wildman–Crippen LogP) is 2.85. The zero-order valence-electron chi connectivity index (χ0n) is 20.7. The molecule has 0 aromatic carbocycles. The quantitative estimate of drug-likeness (QED) is 0.142. The van der Waals surface area contributed by atoms with Gasteiger partial charge in [0.25, 0.3) is 0 Å². The van der Waals surface area contributed by atoms with Gasteiger partial charge in [-0.25, -0.2) is 0 Å². The van der Waals surface area contributed by atoms with Crippen LogP contribution >= 0.6 is 0 Å². The van der Waals surface area contributed by atoms with Gasteiger partial charge in [-0.15, -0.1) is 0 Å². The summed E-state index contributed by atoms with van der Waals surface area (Å²) in [6, 6.07) is -0.567. The van der Waals surface area contributed by atoms with Gasteiger partial charge in [-0.1, -0.05) is 27.7 Å². The maximum Gasteiger partial charge on any atom is 0.330 e. The summed E-state index contributed by atoms with van der Waals surface area (Å²) >= 11 is 0. The number of β-lactam (4-membered cyclic amide) rings is 1. The highest BCUT2D eigenvalue weighted by Crippen LogP contribution is 2.40. The molecular weight excluding hydrogens is 418 g/mol. The minimum absolute atomic E-state index is 0.0394. The van der Waals surface area contributed by atoms with Gasteiger partial charge in [0.2, 0.25) is 11.7 Å². The van der Waals surface area contributed by atoms with Crippen LogP contribution < -0.4 is 5.32 Å². The lowest BCUT2D eigenvalue weighted by Crippen LogP contribution is -2.68. The van der Waals surface area contributed by atoms with Crippen LogP contribution in [0.25, 0.3) is 0 Å². The Morgan fingerprint density at radius 1 is 1.10 bits per heavy atom. The number of hydrogen-bond acceptors (Lipinski definition) is 7. The largest absolute Gasteiger partial charge is 0.418 e. The van der Waals surface area contributed by atoms with Crippen LogP contribution in [-0.2, 0) is 33.1 Å². The summed E-state index contributed by atoms with van der Waals surface area (Å²) in [6.45, 7) is 18.8. The smallest absolute Gasteiger partial charge is 0.330 e. The summed E-state index contributed by atoms with van der Waals surface area (Å²) in [6.07, 6.45) is -0.222. The summed E-state index contributed by atoms with van der Waals surface area (Å²) in [5.41, 5.74) is -0.935. The van der Waals surface area contributed by atoms with Gasteiger partial charge in [-0.05, 0) is 45.8 Å². The zero-order chi connectivity index (χ0) is 24.6. The number of ketones is 1. The van der Waals surface area contributed by atoms with Crippen molar-refractivity contribution in [1.82, 2.24) is 5.32 Å². The molecule has 31 heavy (non-hydrogen) atoms. The number of rotatable bonds is 9. The molecule has 0 aromatic rings. The monoisotopic (exact) mass is 457 g/mol. The third kappa shape index (κ3) is 5.62. The Labute approximate surface area is 186 Å². The Balaban J connectivity index is 3.10. The number of carbonyl (C=O) groups excluding carboxylic acids is 4. The Hall–Kier alpha value is -1.58. The van der Waals surface area contributed by atoms with Crippen molar-refractivity contribution < 1.29 is 33.1 Å². The van der Waals surface area contributed by atoms with E-state index in [4.69, 9.17) is 13.9 Å². The number of Topliss-reactive ketones (excluding diaryl/α,β-unsaturated/α-hetero) is 1. The van der Waals surface area contributed by atoms with E-state index in [1.807, 2.05) is 6.92 Å². The summed E-state index contributed by atoms with van der Waals surface area (Å²) < 4.78 is 16.7. The SMILES string of the molecule is CO[C@](C=O)(OC(=O)C(C)(C)C)C(=O)C(C)[C@@H]1NC(=O)[C@@H]1[C@@H](C)O[Si](C)(C)C(C)(C)C. The number of ether oxygens (including phenoxy) is 2. The average molecular weight is 458 g/mol. The van der Waals surface area contributed by atoms with Crippen LogP contribution in [0, 0.1) is 17.3 Å². The molecule has 0 saturated carbocycles. The fraction of sp³-hybridized carbons (Fsp3) is 0.818. The summed E-state index contributed by atoms with van der Waals surface area (Å²) in [5, 5.41) is 2.71. The molecule has 0 spiro atoms. The van der Waals surface area contributed by atoms with Crippen LogP contribution in [0.3, 0.4) is 0 Å². The molecule has 0 aliphatic carbocycles. The first kappa shape index (κ1) is 27.5. The van der Waals surface area contributed by atoms with Gasteiger partial charge in [-0.2, -0.15) is 0 Å². The average Bonchev–Trinajstić information content (AvgIpc) is 2.60. The first-order valence-electron chi connectivity index (χ1n) is 10.6. The van der Waals surface area contributed by atoms with Gasteiger partial charge in [0.1, 0.15) is 0 Å². The minimum atomic E-state index is -2.36. The number of nitrogens with one attached hydrogen (secondary N) is 1. The number of esters is 1. The van der Waals surface area contributed by atoms with E-state index in [0.717, 1.165) is 7.11 Å². The van der Waals surface area contributed by atoms with Crippen LogP contribution in [0.15, 0.2) is 0 Å². The van der Waals surface area contributed by atoms with Crippen LogP contribution in [0.2, 0.25) is 18.1 Å². The Kier molecular flexibility index (Phi) is 8.07. The van der Waals surface area contributed by atoms with Gasteiger partial charge >= 0.3 is 11.8 Å². The first-order valence-corrected chi connectivity index (χ1v) is 13.5. The van der Waals surface area contributed by atoms with Crippen molar-refractivity contribution in [2.75, 3.05) is 7.11 Å². The fourth-order valence-electron chi connectivity index (χ4n) is 3.17. The Morgan fingerprint density at radius 3 is 1.97 bits per heavy atom. The van der Waals surface area contributed by atoms with Crippen LogP contribution in [0.4, 0.5) is 0 Å². The molecule has 1 fully saturated rings. The van der Waals surface area contributed by atoms with Crippen molar-refractivity contribution in [2.24, 2.45) is 17.3 Å². The maximum absolute atomic E-state index is 13.2. The van der Waals surface area contributed by atoms with E-state index in [1.54, 1.807) is 27.7 Å². The molecule has 1 rings (SSSR count). The molecule has 178 valence electrons. The summed E-state index contributed by atoms with van der Waals surface area (Å²) in [4.78, 5) is 49.8. The molecule has 0 aromatic heterocycles. The van der Waals surface area contributed by atoms with E-state index in [0.29, 0.717) is 0 Å². The second-order valence-corrected chi connectivity index (χ2v) is 15.7. The molecule has 5 atom stereocenters. The Bertz CT molecular complexity index is 722. The molecule has 0 radical (unpaired) electrons. The van der Waals surface area contributed by atoms with Gasteiger partial charge in [0.05, 0.1) is 23.5 Å². The van der Waals surface area contributed by atoms with Crippen LogP contribution in [-0.4, -0.2) is 57.3 Å². The van der Waals surface area contributed by atoms with E-state index in [9.17, 15) is 19.2 Å². The Morgan fingerprint density at radius 2 is 1.61 bits per heavy atom. The number of methoxy groups -OCH3 is 1. The standard InChI is InChI=1S/C22H39NO7Si/c1-13(17(25)22(12-24,28-9)29-19(27)20(3,4)5)16-15(18(26)23-16)14(2)30-31(10,11)21(6,7)8/h12-16H,1-11H3,(H,23,26)/t13?,14-,15-,16+,22-/m1/s1. The van der Waals surface area contributed by atoms with E-state index < -0.39 is 55.3 Å². The third-order valence-electron chi connectivity index (χ3n) is 6.40. The number of aldehydes is 1. The second kappa shape index (κ2) is 9.11. The molecule has 1 unspecified atom stereocenters. The van der Waals surface area contributed by atoms with Crippen molar-refractivity contribution in [2.45, 2.75) is 91.5 Å². The van der Waals surface area contributed by atoms with Crippen molar-refractivity contribution in [3.05, 3.63) is 0 Å². The molecule has 1 aliphatic rings. The molecular formula is C22H39NO7Si. The lowest BCUT2D eigenvalue weighted by molar-refractivity contribution is -0.219. The predicted molar refractivity (Wildman–Crippen MR) is 119 cm³/mol. The van der Waals surface area contributed by atoms with Gasteiger partial charge in [0.15, 0.2) is 14.6 Å². The zero-order valence-corrected chi connectivity index (χ0v) is 21.7. The topological polar surface area (TPSA) is 108 Å². The fourth-order valence-corrected chi connectivity index (χ4v) is 4.60. The lowest BCUT2D eigenvalue weighted by Gasteiger charge is -2.47. The molecule has 9 heteroatoms. The van der Waals surface area contributed by atoms with Crippen molar-refractivity contribution in [3.63, 3.8) is 0 Å². The first-order chi connectivity index (χ1) is 13.8. The normalized spacial score (nSPS) is 23.6. The molecule has 1 heterocycles. The minimum Gasteiger partial charge on any atom is -0.418 e. The molecule has 0 bridgehead atoms.